The van der Waals surface area contributed by atoms with Gasteiger partial charge in [0.15, 0.2) is 5.82 Å². The van der Waals surface area contributed by atoms with Crippen molar-refractivity contribution in [3.8, 4) is 40.0 Å². The predicted octanol–water partition coefficient (Wildman–Crippen LogP) is 5.89. The molecule has 5 heterocycles. The molecule has 230 valence electrons. The second-order valence-corrected chi connectivity index (χ2v) is 13.2. The molecule has 0 unspecified atom stereocenters. The molecule has 0 saturated carbocycles. The molecule has 10 nitrogen and oxygen atoms in total. The molecule has 0 fully saturated rings. The first-order valence-electron chi connectivity index (χ1n) is 14.5. The number of rotatable bonds is 5. The molecular weight excluding hydrogens is 607 g/mol. The molecule has 4 aromatic heterocycles. The number of aryl methyl sites for hydroxylation is 2. The van der Waals surface area contributed by atoms with Crippen molar-refractivity contribution in [2.24, 2.45) is 0 Å². The first kappa shape index (κ1) is 29.2. The molecular formula is C34H27FN6O4S. The highest BCUT2D eigenvalue weighted by molar-refractivity contribution is 7.92. The van der Waals surface area contributed by atoms with Gasteiger partial charge in [0.05, 0.1) is 45.9 Å². The summed E-state index contributed by atoms with van der Waals surface area (Å²) in [5, 5.41) is 13.6. The van der Waals surface area contributed by atoms with Gasteiger partial charge in [0.2, 0.25) is 15.7 Å². The first-order chi connectivity index (χ1) is 22.1. The molecule has 0 aliphatic carbocycles. The fourth-order valence-electron chi connectivity index (χ4n) is 6.06. The summed E-state index contributed by atoms with van der Waals surface area (Å²) < 4.78 is 48.7. The van der Waals surface area contributed by atoms with Crippen LogP contribution in [0.3, 0.4) is 0 Å². The minimum absolute atomic E-state index is 0.0334. The summed E-state index contributed by atoms with van der Waals surface area (Å²) in [6.45, 7) is 0.742. The molecule has 46 heavy (non-hydrogen) atoms. The number of hydrogen-bond acceptors (Lipinski definition) is 7. The number of carbonyl (C=O) groups is 1. The molecule has 1 amide bonds. The highest BCUT2D eigenvalue weighted by Crippen LogP contribution is 2.41. The lowest BCUT2D eigenvalue weighted by molar-refractivity contribution is 0.0964. The molecule has 2 aromatic carbocycles. The molecule has 0 radical (unpaired) electrons. The van der Waals surface area contributed by atoms with E-state index in [1.54, 1.807) is 12.1 Å². The Kier molecular flexibility index (Phi) is 6.86. The van der Waals surface area contributed by atoms with Gasteiger partial charge in [0, 0.05) is 42.7 Å². The van der Waals surface area contributed by atoms with Gasteiger partial charge in [-0.1, -0.05) is 12.1 Å². The third-order valence-electron chi connectivity index (χ3n) is 8.41. The Morgan fingerprint density at radius 2 is 1.87 bits per heavy atom. The number of carbonyl (C=O) groups excluding carboxylic acids is 1. The van der Waals surface area contributed by atoms with Gasteiger partial charge in [0.25, 0.3) is 5.91 Å². The van der Waals surface area contributed by atoms with Crippen LogP contribution in [-0.2, 0) is 23.0 Å². The van der Waals surface area contributed by atoms with Crippen molar-refractivity contribution in [1.29, 1.82) is 5.26 Å². The number of halogens is 1. The highest BCUT2D eigenvalue weighted by atomic mass is 32.2. The Hall–Kier alpha value is -5.54. The number of nitriles is 1. The summed E-state index contributed by atoms with van der Waals surface area (Å²) in [5.41, 5.74) is 5.55. The lowest BCUT2D eigenvalue weighted by Gasteiger charge is -2.19. The molecule has 0 spiro atoms. The second-order valence-electron chi connectivity index (χ2n) is 11.2. The summed E-state index contributed by atoms with van der Waals surface area (Å²) in [5.74, 6) is -0.676. The van der Waals surface area contributed by atoms with Gasteiger partial charge in [-0.05, 0) is 73.0 Å². The number of furan rings is 1. The van der Waals surface area contributed by atoms with Gasteiger partial charge in [-0.15, -0.1) is 0 Å². The minimum atomic E-state index is -3.79. The largest absolute Gasteiger partial charge is 0.437 e. The molecule has 1 aliphatic heterocycles. The van der Waals surface area contributed by atoms with Crippen LogP contribution in [0.2, 0.25) is 0 Å². The van der Waals surface area contributed by atoms with Crippen molar-refractivity contribution in [2.45, 2.75) is 19.4 Å². The number of amides is 1. The number of nitrogens with one attached hydrogen (secondary N) is 1. The van der Waals surface area contributed by atoms with E-state index >= 15 is 0 Å². The number of benzene rings is 2. The van der Waals surface area contributed by atoms with E-state index in [-0.39, 0.29) is 22.9 Å². The maximum atomic E-state index is 13.8. The fourth-order valence-corrected chi connectivity index (χ4v) is 6.52. The number of fused-ring (bicyclic) bond motifs is 6. The maximum absolute atomic E-state index is 13.8. The van der Waals surface area contributed by atoms with Crippen LogP contribution >= 0.6 is 0 Å². The molecule has 0 atom stereocenters. The van der Waals surface area contributed by atoms with Crippen LogP contribution in [0.25, 0.3) is 56.0 Å². The van der Waals surface area contributed by atoms with E-state index in [1.807, 2.05) is 30.3 Å². The Morgan fingerprint density at radius 1 is 1.09 bits per heavy atom. The van der Waals surface area contributed by atoms with E-state index < -0.39 is 21.7 Å². The standard InChI is InChI=1S/C34H27FN6O4S/c1-37-33(42)29-25-16-24(32(40(2)46(3,43)44)39-34(25)45-31(29)20-9-12-22(35)13-10-20)26-14-11-19-7-5-15-41-27-8-4-6-21(18-36)23(27)17-28(41)30(19)38-26/h4,6,8-14,16-17H,5,7,15H2,1-3H3,(H,37,42). The SMILES string of the molecule is CNC(=O)c1c(-c2ccc(F)cc2)oc2nc(N(C)S(C)(=O)=O)c(-c3ccc4c(n3)-c3cc5c(C#N)cccc5n3CCC4)cc12. The van der Waals surface area contributed by atoms with Crippen molar-refractivity contribution in [1.82, 2.24) is 19.9 Å². The fraction of sp³-hybridized carbons (Fsp3) is 0.176. The molecule has 6 aromatic rings. The zero-order valence-electron chi connectivity index (χ0n) is 25.1. The average molecular weight is 635 g/mol. The number of anilines is 1. The van der Waals surface area contributed by atoms with Crippen LogP contribution in [0.4, 0.5) is 10.2 Å². The second kappa shape index (κ2) is 10.8. The van der Waals surface area contributed by atoms with E-state index in [9.17, 15) is 22.9 Å². The Morgan fingerprint density at radius 3 is 2.59 bits per heavy atom. The number of aromatic nitrogens is 3. The van der Waals surface area contributed by atoms with Crippen molar-refractivity contribution in [3.05, 3.63) is 89.2 Å². The Labute approximate surface area is 263 Å². The van der Waals surface area contributed by atoms with Gasteiger partial charge in [-0.2, -0.15) is 10.2 Å². The highest BCUT2D eigenvalue weighted by Gasteiger charge is 2.28. The predicted molar refractivity (Wildman–Crippen MR) is 173 cm³/mol. The zero-order chi connectivity index (χ0) is 32.3. The van der Waals surface area contributed by atoms with E-state index in [1.165, 1.54) is 38.4 Å². The van der Waals surface area contributed by atoms with Crippen molar-refractivity contribution in [3.63, 3.8) is 0 Å². The van der Waals surface area contributed by atoms with Crippen LogP contribution in [0.15, 0.2) is 71.1 Å². The topological polar surface area (TPSA) is 134 Å². The Balaban J connectivity index is 1.51. The van der Waals surface area contributed by atoms with Crippen LogP contribution in [0, 0.1) is 17.1 Å². The number of nitrogens with zero attached hydrogens (tertiary/aromatic N) is 5. The van der Waals surface area contributed by atoms with Gasteiger partial charge in [-0.3, -0.25) is 9.10 Å². The lowest BCUT2D eigenvalue weighted by atomic mass is 10.0. The van der Waals surface area contributed by atoms with E-state index in [4.69, 9.17) is 9.40 Å². The molecule has 7 rings (SSSR count). The number of pyridine rings is 2. The van der Waals surface area contributed by atoms with Crippen LogP contribution in [0.5, 0.6) is 0 Å². The third-order valence-corrected chi connectivity index (χ3v) is 9.58. The first-order valence-corrected chi connectivity index (χ1v) is 16.4. The summed E-state index contributed by atoms with van der Waals surface area (Å²) in [7, 11) is -0.911. The van der Waals surface area contributed by atoms with Crippen molar-refractivity contribution in [2.75, 3.05) is 24.7 Å². The van der Waals surface area contributed by atoms with Crippen molar-refractivity contribution >= 4 is 43.8 Å². The van der Waals surface area contributed by atoms with Crippen molar-refractivity contribution < 1.29 is 22.0 Å². The van der Waals surface area contributed by atoms with Crippen LogP contribution in [-0.4, -0.2) is 49.2 Å². The molecule has 1 N–H and O–H groups in total. The van der Waals surface area contributed by atoms with Crippen LogP contribution < -0.4 is 9.62 Å². The number of sulfonamides is 1. The van der Waals surface area contributed by atoms with Crippen LogP contribution in [0.1, 0.15) is 27.9 Å². The van der Waals surface area contributed by atoms with E-state index in [0.29, 0.717) is 33.5 Å². The molecule has 0 bridgehead atoms. The molecule has 12 heteroatoms. The minimum Gasteiger partial charge on any atom is -0.437 e. The van der Waals surface area contributed by atoms with E-state index in [0.717, 1.165) is 52.1 Å². The number of hydrogen-bond donors (Lipinski definition) is 1. The van der Waals surface area contributed by atoms with E-state index in [2.05, 4.69) is 20.9 Å². The Bertz CT molecular complexity index is 2370. The average Bonchev–Trinajstić information content (AvgIpc) is 3.56. The lowest BCUT2D eigenvalue weighted by Crippen LogP contribution is -2.26. The normalized spacial score (nSPS) is 12.8. The smallest absolute Gasteiger partial charge is 0.255 e. The summed E-state index contributed by atoms with van der Waals surface area (Å²) in [4.78, 5) is 23.0. The third kappa shape index (κ3) is 4.67. The monoisotopic (exact) mass is 634 g/mol. The van der Waals surface area contributed by atoms with Gasteiger partial charge in [-0.25, -0.2) is 17.8 Å². The maximum Gasteiger partial charge on any atom is 0.255 e. The quantitative estimate of drug-likeness (QED) is 0.250. The molecule has 0 saturated heterocycles. The summed E-state index contributed by atoms with van der Waals surface area (Å²) >= 11 is 0. The van der Waals surface area contributed by atoms with Gasteiger partial charge in [0.1, 0.15) is 11.6 Å². The summed E-state index contributed by atoms with van der Waals surface area (Å²) in [6, 6.07) is 20.9. The summed E-state index contributed by atoms with van der Waals surface area (Å²) in [6.07, 6.45) is 2.72. The molecule has 1 aliphatic rings. The van der Waals surface area contributed by atoms with Gasteiger partial charge < -0.3 is 14.3 Å². The zero-order valence-corrected chi connectivity index (χ0v) is 25.9. The van der Waals surface area contributed by atoms with Gasteiger partial charge >= 0.3 is 0 Å².